The predicted molar refractivity (Wildman–Crippen MR) is 78.0 cm³/mol. The number of carbonyl (C=O) groups excluding carboxylic acids is 2. The number of carbonyl (C=O) groups is 2. The van der Waals surface area contributed by atoms with Gasteiger partial charge >= 0.3 is 11.9 Å². The number of halogens is 1. The maximum Gasteiger partial charge on any atom is 0.342 e. The third-order valence-corrected chi connectivity index (χ3v) is 2.88. The lowest BCUT2D eigenvalue weighted by Gasteiger charge is -2.14. The van der Waals surface area contributed by atoms with Crippen LogP contribution >= 0.6 is 11.6 Å². The molecule has 0 N–H and O–H groups in total. The molecule has 0 aliphatic carbocycles. The van der Waals surface area contributed by atoms with E-state index in [0.29, 0.717) is 10.7 Å². The molecule has 0 atom stereocenters. The first-order valence-electron chi connectivity index (χ1n) is 6.35. The van der Waals surface area contributed by atoms with E-state index in [2.05, 4.69) is 0 Å². The zero-order valence-corrected chi connectivity index (χ0v) is 12.4. The second kappa shape index (κ2) is 6.45. The molecule has 0 spiro atoms. The highest BCUT2D eigenvalue weighted by molar-refractivity contribution is 6.31. The van der Waals surface area contributed by atoms with E-state index in [1.807, 2.05) is 12.1 Å². The standard InChI is InChI=1S/C15H14ClNO4/c1-3-20-15(19)12-8-11(16)9-13(14(12)21-10(2)18)17-6-4-5-7-17/h4-9H,3H2,1-2H3. The average Bonchev–Trinajstić information content (AvgIpc) is 2.93. The highest BCUT2D eigenvalue weighted by atomic mass is 35.5. The number of esters is 2. The molecule has 0 unspecified atom stereocenters. The van der Waals surface area contributed by atoms with Crippen LogP contribution in [0.25, 0.3) is 5.69 Å². The van der Waals surface area contributed by atoms with E-state index in [0.717, 1.165) is 0 Å². The van der Waals surface area contributed by atoms with Crippen molar-refractivity contribution in [3.8, 4) is 11.4 Å². The molecule has 0 aliphatic heterocycles. The normalized spacial score (nSPS) is 10.2. The quantitative estimate of drug-likeness (QED) is 0.643. The molecule has 110 valence electrons. The second-order valence-electron chi connectivity index (χ2n) is 4.21. The number of benzene rings is 1. The lowest BCUT2D eigenvalue weighted by atomic mass is 10.1. The van der Waals surface area contributed by atoms with Gasteiger partial charge in [0.15, 0.2) is 5.75 Å². The SMILES string of the molecule is CCOC(=O)c1cc(Cl)cc(-n2cccc2)c1OC(C)=O. The predicted octanol–water partition coefficient (Wildman–Crippen LogP) is 3.23. The van der Waals surface area contributed by atoms with Crippen LogP contribution in [0.4, 0.5) is 0 Å². The molecule has 1 heterocycles. The summed E-state index contributed by atoms with van der Waals surface area (Å²) in [7, 11) is 0. The Labute approximate surface area is 127 Å². The molecule has 0 radical (unpaired) electrons. The monoisotopic (exact) mass is 307 g/mol. The summed E-state index contributed by atoms with van der Waals surface area (Å²) in [6.07, 6.45) is 3.52. The second-order valence-corrected chi connectivity index (χ2v) is 4.64. The zero-order valence-electron chi connectivity index (χ0n) is 11.6. The van der Waals surface area contributed by atoms with Crippen LogP contribution in [-0.2, 0) is 9.53 Å². The van der Waals surface area contributed by atoms with Gasteiger partial charge in [-0.15, -0.1) is 0 Å². The summed E-state index contributed by atoms with van der Waals surface area (Å²) >= 11 is 6.06. The van der Waals surface area contributed by atoms with Gasteiger partial charge in [-0.3, -0.25) is 4.79 Å². The first-order chi connectivity index (χ1) is 10.0. The first-order valence-corrected chi connectivity index (χ1v) is 6.73. The van der Waals surface area contributed by atoms with E-state index in [1.165, 1.54) is 13.0 Å². The lowest BCUT2D eigenvalue weighted by molar-refractivity contribution is -0.131. The van der Waals surface area contributed by atoms with Crippen molar-refractivity contribution in [3.05, 3.63) is 47.2 Å². The van der Waals surface area contributed by atoms with Gasteiger partial charge in [0.1, 0.15) is 5.56 Å². The molecule has 0 fully saturated rings. The fraction of sp³-hybridized carbons (Fsp3) is 0.200. The van der Waals surface area contributed by atoms with E-state index in [-0.39, 0.29) is 17.9 Å². The van der Waals surface area contributed by atoms with Crippen molar-refractivity contribution in [2.75, 3.05) is 6.61 Å². The van der Waals surface area contributed by atoms with Crippen LogP contribution in [0.5, 0.6) is 5.75 Å². The minimum atomic E-state index is -0.593. The zero-order chi connectivity index (χ0) is 15.4. The van der Waals surface area contributed by atoms with Crippen molar-refractivity contribution in [1.82, 2.24) is 4.57 Å². The number of hydrogen-bond donors (Lipinski definition) is 0. The van der Waals surface area contributed by atoms with Crippen LogP contribution in [0.3, 0.4) is 0 Å². The molecule has 0 saturated carbocycles. The van der Waals surface area contributed by atoms with Crippen molar-refractivity contribution in [3.63, 3.8) is 0 Å². The molecular weight excluding hydrogens is 294 g/mol. The van der Waals surface area contributed by atoms with Gasteiger partial charge in [0, 0.05) is 24.3 Å². The van der Waals surface area contributed by atoms with Crippen LogP contribution in [0, 0.1) is 0 Å². The summed E-state index contributed by atoms with van der Waals surface area (Å²) in [5.41, 5.74) is 0.606. The number of aromatic nitrogens is 1. The highest BCUT2D eigenvalue weighted by Crippen LogP contribution is 2.32. The smallest absolute Gasteiger partial charge is 0.342 e. The molecule has 2 aromatic rings. The Hall–Kier alpha value is -2.27. The summed E-state index contributed by atoms with van der Waals surface area (Å²) in [6, 6.07) is 6.65. The Balaban J connectivity index is 2.63. The summed E-state index contributed by atoms with van der Waals surface area (Å²) in [5, 5.41) is 0.345. The molecule has 1 aromatic heterocycles. The van der Waals surface area contributed by atoms with Crippen LogP contribution in [0.2, 0.25) is 5.02 Å². The molecule has 0 bridgehead atoms. The number of nitrogens with zero attached hydrogens (tertiary/aromatic N) is 1. The Morgan fingerprint density at radius 2 is 1.90 bits per heavy atom. The summed E-state index contributed by atoms with van der Waals surface area (Å²) in [5.74, 6) is -0.998. The van der Waals surface area contributed by atoms with E-state index in [9.17, 15) is 9.59 Å². The van der Waals surface area contributed by atoms with E-state index < -0.39 is 11.9 Å². The Morgan fingerprint density at radius 3 is 2.48 bits per heavy atom. The molecule has 0 amide bonds. The molecule has 5 nitrogen and oxygen atoms in total. The van der Waals surface area contributed by atoms with Crippen molar-refractivity contribution < 1.29 is 19.1 Å². The minimum absolute atomic E-state index is 0.114. The highest BCUT2D eigenvalue weighted by Gasteiger charge is 2.21. The first kappa shape index (κ1) is 15.1. The van der Waals surface area contributed by atoms with Crippen LogP contribution < -0.4 is 4.74 Å². The van der Waals surface area contributed by atoms with E-state index >= 15 is 0 Å². The van der Waals surface area contributed by atoms with Gasteiger partial charge < -0.3 is 14.0 Å². The molecule has 21 heavy (non-hydrogen) atoms. The van der Waals surface area contributed by atoms with Crippen molar-refractivity contribution >= 4 is 23.5 Å². The number of ether oxygens (including phenoxy) is 2. The van der Waals surface area contributed by atoms with Gasteiger partial charge in [-0.05, 0) is 31.2 Å². The summed E-state index contributed by atoms with van der Waals surface area (Å²) in [6.45, 7) is 3.17. The third kappa shape index (κ3) is 3.44. The molecule has 6 heteroatoms. The van der Waals surface area contributed by atoms with Gasteiger partial charge in [0.05, 0.1) is 12.3 Å². The van der Waals surface area contributed by atoms with E-state index in [1.54, 1.807) is 30.0 Å². The average molecular weight is 308 g/mol. The van der Waals surface area contributed by atoms with Crippen molar-refractivity contribution in [2.24, 2.45) is 0 Å². The van der Waals surface area contributed by atoms with Gasteiger partial charge in [0.25, 0.3) is 0 Å². The Bertz CT molecular complexity index is 665. The van der Waals surface area contributed by atoms with Crippen LogP contribution in [0.1, 0.15) is 24.2 Å². The summed E-state index contributed by atoms with van der Waals surface area (Å²) in [4.78, 5) is 23.4. The third-order valence-electron chi connectivity index (χ3n) is 2.66. The molecule has 2 rings (SSSR count). The van der Waals surface area contributed by atoms with E-state index in [4.69, 9.17) is 21.1 Å². The van der Waals surface area contributed by atoms with Gasteiger partial charge in [-0.2, -0.15) is 0 Å². The lowest BCUT2D eigenvalue weighted by Crippen LogP contribution is -2.13. The maximum atomic E-state index is 12.0. The summed E-state index contributed by atoms with van der Waals surface area (Å²) < 4.78 is 11.9. The Morgan fingerprint density at radius 1 is 1.24 bits per heavy atom. The van der Waals surface area contributed by atoms with Crippen molar-refractivity contribution in [1.29, 1.82) is 0 Å². The van der Waals surface area contributed by atoms with Crippen molar-refractivity contribution in [2.45, 2.75) is 13.8 Å². The fourth-order valence-corrected chi connectivity index (χ4v) is 2.09. The van der Waals surface area contributed by atoms with Crippen LogP contribution in [0.15, 0.2) is 36.7 Å². The number of hydrogen-bond acceptors (Lipinski definition) is 4. The van der Waals surface area contributed by atoms with Gasteiger partial charge in [-0.25, -0.2) is 4.79 Å². The topological polar surface area (TPSA) is 57.5 Å². The minimum Gasteiger partial charge on any atom is -0.462 e. The molecule has 1 aromatic carbocycles. The molecular formula is C15H14ClNO4. The van der Waals surface area contributed by atoms with Gasteiger partial charge in [0.2, 0.25) is 0 Å². The maximum absolute atomic E-state index is 12.0. The van der Waals surface area contributed by atoms with Crippen LogP contribution in [-0.4, -0.2) is 23.1 Å². The largest absolute Gasteiger partial charge is 0.462 e. The Kier molecular flexibility index (Phi) is 4.65. The van der Waals surface area contributed by atoms with Gasteiger partial charge in [-0.1, -0.05) is 11.6 Å². The molecule has 0 saturated heterocycles. The number of rotatable bonds is 4. The molecule has 0 aliphatic rings. The fourth-order valence-electron chi connectivity index (χ4n) is 1.88.